The van der Waals surface area contributed by atoms with Crippen molar-refractivity contribution in [1.82, 2.24) is 10.3 Å². The monoisotopic (exact) mass is 326 g/mol. The number of benzene rings is 2. The van der Waals surface area contributed by atoms with E-state index in [1.807, 2.05) is 54.8 Å². The van der Waals surface area contributed by atoms with E-state index in [0.29, 0.717) is 5.56 Å². The van der Waals surface area contributed by atoms with Gasteiger partial charge in [-0.2, -0.15) is 0 Å². The fourth-order valence-corrected chi connectivity index (χ4v) is 3.22. The lowest BCUT2D eigenvalue weighted by Crippen LogP contribution is -2.09. The minimum Gasteiger partial charge on any atom is -0.362 e. The van der Waals surface area contributed by atoms with E-state index in [-0.39, 0.29) is 5.78 Å². The zero-order valence-corrected chi connectivity index (χ0v) is 14.0. The third-order valence-electron chi connectivity index (χ3n) is 4.48. The molecule has 0 saturated heterocycles. The number of carbonyl (C=O) groups excluding carboxylic acids is 1. The lowest BCUT2D eigenvalue weighted by atomic mass is 9.95. The van der Waals surface area contributed by atoms with Crippen molar-refractivity contribution in [3.63, 3.8) is 0 Å². The van der Waals surface area contributed by atoms with Crippen LogP contribution < -0.4 is 5.32 Å². The van der Waals surface area contributed by atoms with Crippen LogP contribution in [0.25, 0.3) is 27.6 Å². The summed E-state index contributed by atoms with van der Waals surface area (Å²) in [7, 11) is 0. The molecule has 3 aromatic rings. The molecule has 0 amide bonds. The fraction of sp³-hybridized carbons (Fsp3) is 0.0455. The quantitative estimate of drug-likeness (QED) is 0.661. The number of hydrogen-bond acceptors (Lipinski definition) is 2. The van der Waals surface area contributed by atoms with E-state index in [0.717, 1.165) is 39.0 Å². The number of rotatable bonds is 3. The zero-order valence-electron chi connectivity index (χ0n) is 14.0. The molecule has 0 radical (unpaired) electrons. The van der Waals surface area contributed by atoms with Crippen molar-refractivity contribution >= 4 is 22.3 Å². The van der Waals surface area contributed by atoms with Gasteiger partial charge in [0.2, 0.25) is 0 Å². The number of fused-ring (bicyclic) bond motifs is 1. The number of aromatic amines is 1. The average molecular weight is 326 g/mol. The second-order valence-electron chi connectivity index (χ2n) is 6.12. The van der Waals surface area contributed by atoms with Gasteiger partial charge in [-0.15, -0.1) is 0 Å². The average Bonchev–Trinajstić information content (AvgIpc) is 3.01. The van der Waals surface area contributed by atoms with Gasteiger partial charge in [-0.3, -0.25) is 4.79 Å². The van der Waals surface area contributed by atoms with E-state index in [2.05, 4.69) is 29.0 Å². The number of aromatic nitrogens is 1. The zero-order chi connectivity index (χ0) is 17.4. The van der Waals surface area contributed by atoms with Crippen LogP contribution >= 0.6 is 0 Å². The van der Waals surface area contributed by atoms with Crippen LogP contribution in [0, 0.1) is 0 Å². The lowest BCUT2D eigenvalue weighted by molar-refractivity contribution is 0.101. The summed E-state index contributed by atoms with van der Waals surface area (Å²) < 4.78 is 0. The lowest BCUT2D eigenvalue weighted by Gasteiger charge is -2.15. The van der Waals surface area contributed by atoms with E-state index >= 15 is 0 Å². The Labute approximate surface area is 146 Å². The first-order valence-electron chi connectivity index (χ1n) is 8.20. The summed E-state index contributed by atoms with van der Waals surface area (Å²) in [6, 6.07) is 16.0. The molecule has 2 heterocycles. The van der Waals surface area contributed by atoms with Gasteiger partial charge >= 0.3 is 0 Å². The van der Waals surface area contributed by atoms with Crippen molar-refractivity contribution in [3.05, 3.63) is 90.4 Å². The molecule has 2 N–H and O–H groups in total. The number of hydrogen-bond donors (Lipinski definition) is 2. The SMILES string of the molecule is C=C1NC=CC=C1c1[nH]c2ccc(C(C)=O)cc2c1-c1ccccc1. The highest BCUT2D eigenvalue weighted by Gasteiger charge is 2.19. The fourth-order valence-electron chi connectivity index (χ4n) is 3.22. The molecular formula is C22H18N2O. The highest BCUT2D eigenvalue weighted by Crippen LogP contribution is 2.38. The van der Waals surface area contributed by atoms with Crippen LogP contribution in [0.2, 0.25) is 0 Å². The third-order valence-corrected chi connectivity index (χ3v) is 4.48. The normalized spacial score (nSPS) is 13.6. The van der Waals surface area contributed by atoms with Gasteiger partial charge in [-0.25, -0.2) is 0 Å². The molecule has 0 saturated carbocycles. The van der Waals surface area contributed by atoms with Gasteiger partial charge in [0, 0.05) is 39.5 Å². The first-order valence-corrected chi connectivity index (χ1v) is 8.20. The first kappa shape index (κ1) is 15.2. The van der Waals surface area contributed by atoms with Crippen molar-refractivity contribution in [2.45, 2.75) is 6.92 Å². The maximum absolute atomic E-state index is 11.8. The predicted octanol–water partition coefficient (Wildman–Crippen LogP) is 5.05. The molecular weight excluding hydrogens is 308 g/mol. The standard InChI is InChI=1S/C22H18N2O/c1-14-18(9-6-12-23-14)22-21(16-7-4-3-5-8-16)19-13-17(15(2)25)10-11-20(19)24-22/h3-13,23-24H,1H2,2H3. The molecule has 0 fully saturated rings. The summed E-state index contributed by atoms with van der Waals surface area (Å²) in [6.45, 7) is 5.71. The van der Waals surface area contributed by atoms with E-state index in [1.165, 1.54) is 0 Å². The van der Waals surface area contributed by atoms with E-state index in [9.17, 15) is 4.79 Å². The van der Waals surface area contributed by atoms with Gasteiger partial charge in [-0.1, -0.05) is 36.9 Å². The number of nitrogens with one attached hydrogen (secondary N) is 2. The molecule has 1 aliphatic heterocycles. The van der Waals surface area contributed by atoms with Gasteiger partial charge in [0.15, 0.2) is 5.78 Å². The Balaban J connectivity index is 2.05. The number of carbonyl (C=O) groups is 1. The van der Waals surface area contributed by atoms with Crippen LogP contribution in [0.3, 0.4) is 0 Å². The Morgan fingerprint density at radius 1 is 1.08 bits per heavy atom. The number of Topliss-reactive ketones (excluding diaryl/α,β-unsaturated/α-hetero) is 1. The van der Waals surface area contributed by atoms with Crippen molar-refractivity contribution in [1.29, 1.82) is 0 Å². The predicted molar refractivity (Wildman–Crippen MR) is 103 cm³/mol. The maximum atomic E-state index is 11.8. The second kappa shape index (κ2) is 5.95. The summed E-state index contributed by atoms with van der Waals surface area (Å²) in [6.07, 6.45) is 5.87. The minimum atomic E-state index is 0.0644. The Morgan fingerprint density at radius 3 is 2.60 bits per heavy atom. The van der Waals surface area contributed by atoms with E-state index in [4.69, 9.17) is 0 Å². The Bertz CT molecular complexity index is 1050. The van der Waals surface area contributed by atoms with Gasteiger partial charge in [0.1, 0.15) is 0 Å². The molecule has 1 aromatic heterocycles. The van der Waals surface area contributed by atoms with Gasteiger partial charge in [-0.05, 0) is 42.8 Å². The van der Waals surface area contributed by atoms with Crippen LogP contribution in [-0.2, 0) is 0 Å². The van der Waals surface area contributed by atoms with Crippen LogP contribution in [0.5, 0.6) is 0 Å². The molecule has 122 valence electrons. The molecule has 3 nitrogen and oxygen atoms in total. The second-order valence-corrected chi connectivity index (χ2v) is 6.12. The van der Waals surface area contributed by atoms with Crippen molar-refractivity contribution in [2.24, 2.45) is 0 Å². The van der Waals surface area contributed by atoms with E-state index in [1.54, 1.807) is 6.92 Å². The molecule has 1 aliphatic rings. The number of allylic oxidation sites excluding steroid dienone is 3. The Hall–Kier alpha value is -3.33. The highest BCUT2D eigenvalue weighted by atomic mass is 16.1. The maximum Gasteiger partial charge on any atom is 0.159 e. The number of dihydropyridines is 1. The summed E-state index contributed by atoms with van der Waals surface area (Å²) in [5.41, 5.74) is 6.77. The van der Waals surface area contributed by atoms with Gasteiger partial charge in [0.05, 0.1) is 5.69 Å². The van der Waals surface area contributed by atoms with Gasteiger partial charge in [0.25, 0.3) is 0 Å². The van der Waals surface area contributed by atoms with Crippen LogP contribution in [-0.4, -0.2) is 10.8 Å². The van der Waals surface area contributed by atoms with Crippen molar-refractivity contribution in [3.8, 4) is 11.1 Å². The molecule has 0 spiro atoms. The topological polar surface area (TPSA) is 44.9 Å². The van der Waals surface area contributed by atoms with Crippen molar-refractivity contribution < 1.29 is 4.79 Å². The van der Waals surface area contributed by atoms with Gasteiger partial charge < -0.3 is 10.3 Å². The molecule has 25 heavy (non-hydrogen) atoms. The van der Waals surface area contributed by atoms with Crippen LogP contribution in [0.1, 0.15) is 23.0 Å². The largest absolute Gasteiger partial charge is 0.362 e. The molecule has 0 aliphatic carbocycles. The Kier molecular flexibility index (Phi) is 3.62. The molecule has 2 aromatic carbocycles. The molecule has 0 bridgehead atoms. The number of ketones is 1. The highest BCUT2D eigenvalue weighted by molar-refractivity contribution is 6.07. The molecule has 4 rings (SSSR count). The number of H-pyrrole nitrogens is 1. The van der Waals surface area contributed by atoms with Crippen LogP contribution in [0.15, 0.2) is 79.2 Å². The first-order chi connectivity index (χ1) is 12.1. The molecule has 3 heteroatoms. The smallest absolute Gasteiger partial charge is 0.159 e. The summed E-state index contributed by atoms with van der Waals surface area (Å²) in [5, 5.41) is 4.20. The van der Waals surface area contributed by atoms with Crippen LogP contribution in [0.4, 0.5) is 0 Å². The minimum absolute atomic E-state index is 0.0644. The summed E-state index contributed by atoms with van der Waals surface area (Å²) >= 11 is 0. The molecule has 0 unspecified atom stereocenters. The Morgan fingerprint density at radius 2 is 1.88 bits per heavy atom. The molecule has 0 atom stereocenters. The summed E-state index contributed by atoms with van der Waals surface area (Å²) in [5.74, 6) is 0.0644. The summed E-state index contributed by atoms with van der Waals surface area (Å²) in [4.78, 5) is 15.4. The van der Waals surface area contributed by atoms with E-state index < -0.39 is 0 Å². The van der Waals surface area contributed by atoms with Crippen molar-refractivity contribution in [2.75, 3.05) is 0 Å². The third kappa shape index (κ3) is 2.60.